The quantitative estimate of drug-likeness (QED) is 0.498. The van der Waals surface area contributed by atoms with Crippen molar-refractivity contribution in [3.05, 3.63) is 54.4 Å². The predicted molar refractivity (Wildman–Crippen MR) is 95.5 cm³/mol. The molecule has 1 saturated heterocycles. The van der Waals surface area contributed by atoms with Crippen LogP contribution < -0.4 is 10.9 Å². The third-order valence-corrected chi connectivity index (χ3v) is 3.81. The highest BCUT2D eigenvalue weighted by Gasteiger charge is 2.20. The van der Waals surface area contributed by atoms with Crippen molar-refractivity contribution < 1.29 is 24.9 Å². The zero-order valence-corrected chi connectivity index (χ0v) is 13.7. The molecular formula is C16H20B2N2O5. The van der Waals surface area contributed by atoms with Crippen molar-refractivity contribution in [1.82, 2.24) is 9.88 Å². The standard InChI is InChI=1S/C11H14BNO3.C5H6BNO2/c14-11(13-6-1-2-7-13)9-4-3-5-10(8-9)12(15)16;8-6(9)5-2-1-3-7-4-5/h3-5,8,15-16H,1-2,6-7H2;1-4,8-9H. The molecule has 1 fully saturated rings. The van der Waals surface area contributed by atoms with E-state index in [-0.39, 0.29) is 5.91 Å². The molecule has 1 aromatic heterocycles. The normalized spacial score (nSPS) is 13.0. The molecule has 7 nitrogen and oxygen atoms in total. The number of amides is 1. The third kappa shape index (κ3) is 5.68. The summed E-state index contributed by atoms with van der Waals surface area (Å²) in [5, 5.41) is 35.1. The van der Waals surface area contributed by atoms with Gasteiger partial charge in [0.15, 0.2) is 0 Å². The van der Waals surface area contributed by atoms with E-state index in [1.165, 1.54) is 12.3 Å². The number of benzene rings is 1. The minimum absolute atomic E-state index is 0.0278. The van der Waals surface area contributed by atoms with Gasteiger partial charge in [-0.1, -0.05) is 18.2 Å². The third-order valence-electron chi connectivity index (χ3n) is 3.81. The van der Waals surface area contributed by atoms with Crippen LogP contribution in [0.1, 0.15) is 23.2 Å². The second kappa shape index (κ2) is 9.33. The van der Waals surface area contributed by atoms with Gasteiger partial charge < -0.3 is 25.0 Å². The summed E-state index contributed by atoms with van der Waals surface area (Å²) in [6, 6.07) is 9.73. The molecular weight excluding hydrogens is 322 g/mol. The number of carbonyl (C=O) groups is 1. The van der Waals surface area contributed by atoms with Gasteiger partial charge >= 0.3 is 14.2 Å². The van der Waals surface area contributed by atoms with E-state index in [0.29, 0.717) is 16.5 Å². The molecule has 0 saturated carbocycles. The minimum atomic E-state index is -1.52. The number of nitrogens with zero attached hydrogens (tertiary/aromatic N) is 2. The first-order chi connectivity index (χ1) is 12.0. The molecule has 1 amide bonds. The lowest BCUT2D eigenvalue weighted by molar-refractivity contribution is 0.0793. The molecule has 3 rings (SSSR count). The Morgan fingerprint density at radius 3 is 2.12 bits per heavy atom. The van der Waals surface area contributed by atoms with Crippen LogP contribution in [-0.4, -0.2) is 63.2 Å². The number of carbonyl (C=O) groups excluding carboxylic acids is 1. The Morgan fingerprint density at radius 2 is 1.60 bits per heavy atom. The molecule has 25 heavy (non-hydrogen) atoms. The summed E-state index contributed by atoms with van der Waals surface area (Å²) < 4.78 is 0. The fourth-order valence-electron chi connectivity index (χ4n) is 2.46. The van der Waals surface area contributed by atoms with Gasteiger partial charge in [0.2, 0.25) is 0 Å². The Kier molecular flexibility index (Phi) is 7.15. The highest BCUT2D eigenvalue weighted by atomic mass is 16.4. The number of aromatic nitrogens is 1. The summed E-state index contributed by atoms with van der Waals surface area (Å²) >= 11 is 0. The smallest absolute Gasteiger partial charge is 0.423 e. The average Bonchev–Trinajstić information content (AvgIpc) is 3.17. The van der Waals surface area contributed by atoms with Crippen molar-refractivity contribution in [2.75, 3.05) is 13.1 Å². The molecule has 1 aliphatic heterocycles. The maximum absolute atomic E-state index is 12.0. The fourth-order valence-corrected chi connectivity index (χ4v) is 2.46. The minimum Gasteiger partial charge on any atom is -0.423 e. The number of hydrogen-bond acceptors (Lipinski definition) is 6. The van der Waals surface area contributed by atoms with Crippen LogP contribution in [0.5, 0.6) is 0 Å². The first kappa shape index (κ1) is 19.1. The summed E-state index contributed by atoms with van der Waals surface area (Å²) in [4.78, 5) is 17.5. The van der Waals surface area contributed by atoms with Gasteiger partial charge in [-0.05, 0) is 36.5 Å². The van der Waals surface area contributed by atoms with Gasteiger partial charge in [-0.25, -0.2) is 0 Å². The van der Waals surface area contributed by atoms with Crippen molar-refractivity contribution in [2.24, 2.45) is 0 Å². The first-order valence-electron chi connectivity index (χ1n) is 8.00. The molecule has 0 unspecified atom stereocenters. The summed E-state index contributed by atoms with van der Waals surface area (Å²) in [5.41, 5.74) is 1.29. The first-order valence-corrected chi connectivity index (χ1v) is 8.00. The van der Waals surface area contributed by atoms with Gasteiger partial charge in [-0.3, -0.25) is 9.78 Å². The maximum atomic E-state index is 12.0. The van der Waals surface area contributed by atoms with E-state index in [1.807, 2.05) is 0 Å². The van der Waals surface area contributed by atoms with Gasteiger partial charge in [-0.2, -0.15) is 0 Å². The molecule has 1 aliphatic rings. The van der Waals surface area contributed by atoms with Crippen LogP contribution in [0.4, 0.5) is 0 Å². The Balaban J connectivity index is 0.000000212. The summed E-state index contributed by atoms with van der Waals surface area (Å²) in [5.74, 6) is -0.0278. The van der Waals surface area contributed by atoms with Crippen molar-refractivity contribution in [3.8, 4) is 0 Å². The Hall–Kier alpha value is -2.19. The van der Waals surface area contributed by atoms with E-state index in [9.17, 15) is 4.79 Å². The number of rotatable bonds is 3. The highest BCUT2D eigenvalue weighted by Crippen LogP contribution is 2.12. The van der Waals surface area contributed by atoms with Crippen LogP contribution in [0.25, 0.3) is 0 Å². The molecule has 0 atom stereocenters. The van der Waals surface area contributed by atoms with E-state index in [4.69, 9.17) is 20.1 Å². The van der Waals surface area contributed by atoms with Gasteiger partial charge in [0.05, 0.1) is 0 Å². The van der Waals surface area contributed by atoms with Gasteiger partial charge in [0, 0.05) is 36.5 Å². The van der Waals surface area contributed by atoms with Gasteiger partial charge in [0.25, 0.3) is 5.91 Å². The van der Waals surface area contributed by atoms with E-state index >= 15 is 0 Å². The molecule has 2 aromatic rings. The topological polar surface area (TPSA) is 114 Å². The molecule has 130 valence electrons. The van der Waals surface area contributed by atoms with Crippen LogP contribution in [-0.2, 0) is 0 Å². The second-order valence-electron chi connectivity index (χ2n) is 5.66. The summed E-state index contributed by atoms with van der Waals surface area (Å²) in [6.07, 6.45) is 5.08. The van der Waals surface area contributed by atoms with E-state index in [2.05, 4.69) is 4.98 Å². The van der Waals surface area contributed by atoms with E-state index in [1.54, 1.807) is 41.4 Å². The molecule has 4 N–H and O–H groups in total. The van der Waals surface area contributed by atoms with Crippen LogP contribution in [0, 0.1) is 0 Å². The Labute approximate surface area is 146 Å². The lowest BCUT2D eigenvalue weighted by Crippen LogP contribution is -2.32. The fraction of sp³-hybridized carbons (Fsp3) is 0.250. The maximum Gasteiger partial charge on any atom is 0.490 e. The summed E-state index contributed by atoms with van der Waals surface area (Å²) in [7, 11) is -2.93. The van der Waals surface area contributed by atoms with Gasteiger partial charge in [0.1, 0.15) is 0 Å². The van der Waals surface area contributed by atoms with Crippen molar-refractivity contribution in [3.63, 3.8) is 0 Å². The lowest BCUT2D eigenvalue weighted by atomic mass is 9.79. The molecule has 0 bridgehead atoms. The van der Waals surface area contributed by atoms with Crippen LogP contribution in [0.2, 0.25) is 0 Å². The summed E-state index contributed by atoms with van der Waals surface area (Å²) in [6.45, 7) is 1.59. The number of pyridine rings is 1. The zero-order chi connectivity index (χ0) is 18.2. The van der Waals surface area contributed by atoms with Crippen molar-refractivity contribution in [1.29, 1.82) is 0 Å². The van der Waals surface area contributed by atoms with Crippen LogP contribution in [0.15, 0.2) is 48.8 Å². The SMILES string of the molecule is O=C(c1cccc(B(O)O)c1)N1CCCC1.OB(O)c1cccnc1. The second-order valence-corrected chi connectivity index (χ2v) is 5.66. The zero-order valence-electron chi connectivity index (χ0n) is 13.7. The lowest BCUT2D eigenvalue weighted by Gasteiger charge is -2.15. The molecule has 0 spiro atoms. The van der Waals surface area contributed by atoms with Crippen LogP contribution >= 0.6 is 0 Å². The molecule has 1 aromatic carbocycles. The largest absolute Gasteiger partial charge is 0.490 e. The van der Waals surface area contributed by atoms with E-state index < -0.39 is 14.2 Å². The molecule has 9 heteroatoms. The van der Waals surface area contributed by atoms with Crippen LogP contribution in [0.3, 0.4) is 0 Å². The van der Waals surface area contributed by atoms with Crippen molar-refractivity contribution >= 4 is 31.1 Å². The van der Waals surface area contributed by atoms with Crippen molar-refractivity contribution in [2.45, 2.75) is 12.8 Å². The predicted octanol–water partition coefficient (Wildman–Crippen LogP) is -1.64. The molecule has 2 heterocycles. The van der Waals surface area contributed by atoms with Gasteiger partial charge in [-0.15, -0.1) is 0 Å². The number of likely N-dealkylation sites (tertiary alicyclic amines) is 1. The number of hydrogen-bond donors (Lipinski definition) is 4. The Morgan fingerprint density at radius 1 is 0.960 bits per heavy atom. The van der Waals surface area contributed by atoms with E-state index in [0.717, 1.165) is 25.9 Å². The monoisotopic (exact) mass is 342 g/mol. The highest BCUT2D eigenvalue weighted by molar-refractivity contribution is 6.58. The molecule has 0 aliphatic carbocycles. The Bertz CT molecular complexity index is 679. The average molecular weight is 342 g/mol. The molecule has 0 radical (unpaired) electrons.